The number of nitrogens with one attached hydrogen (secondary N) is 1. The molecule has 0 aromatic carbocycles. The van der Waals surface area contributed by atoms with E-state index in [1.165, 1.54) is 15.8 Å². The minimum atomic E-state index is -1.24. The maximum Gasteiger partial charge on any atom is 0.226 e. The van der Waals surface area contributed by atoms with Crippen LogP contribution < -0.4 is 11.1 Å². The van der Waals surface area contributed by atoms with Gasteiger partial charge in [-0.25, -0.2) is 4.98 Å². The summed E-state index contributed by atoms with van der Waals surface area (Å²) in [6.45, 7) is 0.198. The fourth-order valence-corrected chi connectivity index (χ4v) is 4.58. The Labute approximate surface area is 172 Å². The number of thiophene rings is 1. The summed E-state index contributed by atoms with van der Waals surface area (Å²) in [6.07, 6.45) is -2.06. The van der Waals surface area contributed by atoms with Crippen LogP contribution in [-0.4, -0.2) is 66.3 Å². The SMILES string of the molecule is Nc1nc(NCCc2ccc(Br)s2)nc2c1ncn2[C@@H]1O[C@H](CO)C(O)C1O. The number of nitrogens with two attached hydrogens (primary N) is 1. The van der Waals surface area contributed by atoms with Gasteiger partial charge in [-0.2, -0.15) is 9.97 Å². The van der Waals surface area contributed by atoms with Gasteiger partial charge in [-0.3, -0.25) is 4.57 Å². The van der Waals surface area contributed by atoms with E-state index in [-0.39, 0.29) is 5.82 Å². The Kier molecular flexibility index (Phi) is 5.49. The molecule has 1 aliphatic heterocycles. The highest BCUT2D eigenvalue weighted by Gasteiger charge is 2.44. The fourth-order valence-electron chi connectivity index (χ4n) is 3.10. The highest BCUT2D eigenvalue weighted by Crippen LogP contribution is 2.32. The minimum Gasteiger partial charge on any atom is -0.394 e. The third-order valence-electron chi connectivity index (χ3n) is 4.52. The molecule has 4 rings (SSSR count). The van der Waals surface area contributed by atoms with Gasteiger partial charge in [-0.15, -0.1) is 11.3 Å². The number of hydrogen-bond acceptors (Lipinski definition) is 10. The van der Waals surface area contributed by atoms with Crippen LogP contribution in [0.5, 0.6) is 0 Å². The minimum absolute atomic E-state index is 0.192. The number of rotatable bonds is 6. The van der Waals surface area contributed by atoms with E-state index in [1.54, 1.807) is 11.3 Å². The third kappa shape index (κ3) is 3.58. The lowest BCUT2D eigenvalue weighted by atomic mass is 10.1. The highest BCUT2D eigenvalue weighted by atomic mass is 79.9. The molecular formula is C16H19BrN6O4S. The number of halogens is 1. The second-order valence-electron chi connectivity index (χ2n) is 6.37. The molecule has 1 saturated heterocycles. The second-order valence-corrected chi connectivity index (χ2v) is 8.92. The summed E-state index contributed by atoms with van der Waals surface area (Å²) in [4.78, 5) is 14.1. The van der Waals surface area contributed by atoms with Gasteiger partial charge >= 0.3 is 0 Å². The van der Waals surface area contributed by atoms with E-state index in [1.807, 2.05) is 12.1 Å². The summed E-state index contributed by atoms with van der Waals surface area (Å²) < 4.78 is 8.12. The molecule has 1 aliphatic rings. The molecule has 28 heavy (non-hydrogen) atoms. The number of hydrogen-bond donors (Lipinski definition) is 5. The van der Waals surface area contributed by atoms with Gasteiger partial charge in [-0.05, 0) is 34.5 Å². The Morgan fingerprint density at radius 2 is 2.11 bits per heavy atom. The molecule has 0 spiro atoms. The fraction of sp³-hybridized carbons (Fsp3) is 0.438. The van der Waals surface area contributed by atoms with Crippen molar-refractivity contribution in [3.63, 3.8) is 0 Å². The van der Waals surface area contributed by atoms with Gasteiger partial charge in [0.25, 0.3) is 0 Å². The Morgan fingerprint density at radius 3 is 2.79 bits per heavy atom. The van der Waals surface area contributed by atoms with Crippen LogP contribution in [0.2, 0.25) is 0 Å². The standard InChI is InChI=1S/C16H19BrN6O4S/c17-9-2-1-7(28-9)3-4-19-16-21-13(18)10-14(22-16)23(6-20-10)15-12(26)11(25)8(5-24)27-15/h1-2,6,8,11-12,15,24-26H,3-5H2,(H3,18,19,21,22)/t8-,11?,12?,15-/m1/s1. The molecule has 1 fully saturated rings. The maximum absolute atomic E-state index is 10.3. The van der Waals surface area contributed by atoms with E-state index in [0.717, 1.165) is 10.2 Å². The molecule has 12 heteroatoms. The molecule has 0 amide bonds. The second kappa shape index (κ2) is 7.89. The third-order valence-corrected chi connectivity index (χ3v) is 6.21. The Hall–Kier alpha value is -1.83. The number of fused-ring (bicyclic) bond motifs is 1. The number of aliphatic hydroxyl groups excluding tert-OH is 3. The van der Waals surface area contributed by atoms with Gasteiger partial charge in [0.2, 0.25) is 5.95 Å². The van der Waals surface area contributed by atoms with Gasteiger partial charge in [-0.1, -0.05) is 0 Å². The molecule has 4 heterocycles. The molecule has 10 nitrogen and oxygen atoms in total. The van der Waals surface area contributed by atoms with E-state index in [4.69, 9.17) is 10.5 Å². The molecule has 3 aromatic heterocycles. The number of ether oxygens (including phenoxy) is 1. The van der Waals surface area contributed by atoms with E-state index in [0.29, 0.717) is 23.7 Å². The molecule has 2 unspecified atom stereocenters. The topological polar surface area (TPSA) is 152 Å². The molecule has 4 atom stereocenters. The maximum atomic E-state index is 10.3. The molecule has 0 bridgehead atoms. The molecule has 6 N–H and O–H groups in total. The smallest absolute Gasteiger partial charge is 0.226 e. The number of nitrogen functional groups attached to an aromatic ring is 1. The van der Waals surface area contributed by atoms with E-state index in [9.17, 15) is 15.3 Å². The van der Waals surface area contributed by atoms with Crippen molar-refractivity contribution in [1.82, 2.24) is 19.5 Å². The number of nitrogens with zero attached hydrogens (tertiary/aromatic N) is 4. The lowest BCUT2D eigenvalue weighted by Gasteiger charge is -2.16. The van der Waals surface area contributed by atoms with E-state index < -0.39 is 31.1 Å². The van der Waals surface area contributed by atoms with Crippen molar-refractivity contribution in [1.29, 1.82) is 0 Å². The summed E-state index contributed by atoms with van der Waals surface area (Å²) in [5.41, 5.74) is 6.74. The largest absolute Gasteiger partial charge is 0.394 e. The van der Waals surface area contributed by atoms with Gasteiger partial charge in [0.1, 0.15) is 23.8 Å². The van der Waals surface area contributed by atoms with Crippen molar-refractivity contribution in [3.8, 4) is 0 Å². The molecule has 0 radical (unpaired) electrons. The van der Waals surface area contributed by atoms with Crippen LogP contribution in [0.3, 0.4) is 0 Å². The normalized spacial score (nSPS) is 24.9. The van der Waals surface area contributed by atoms with Crippen molar-refractivity contribution in [2.24, 2.45) is 0 Å². The number of aromatic nitrogens is 4. The molecule has 0 saturated carbocycles. The lowest BCUT2D eigenvalue weighted by molar-refractivity contribution is -0.0511. The van der Waals surface area contributed by atoms with Crippen LogP contribution in [0.1, 0.15) is 11.1 Å². The van der Waals surface area contributed by atoms with E-state index >= 15 is 0 Å². The first-order valence-corrected chi connectivity index (χ1v) is 10.2. The first-order valence-electron chi connectivity index (χ1n) is 8.58. The van der Waals surface area contributed by atoms with Crippen LogP contribution in [0.25, 0.3) is 11.2 Å². The zero-order chi connectivity index (χ0) is 19.8. The molecule has 0 aliphatic carbocycles. The highest BCUT2D eigenvalue weighted by molar-refractivity contribution is 9.11. The van der Waals surface area contributed by atoms with Crippen LogP contribution in [0.15, 0.2) is 22.2 Å². The van der Waals surface area contributed by atoms with Gasteiger partial charge in [0, 0.05) is 11.4 Å². The molecule has 3 aromatic rings. The predicted octanol–water partition coefficient (Wildman–Crippen LogP) is 0.499. The van der Waals surface area contributed by atoms with E-state index in [2.05, 4.69) is 36.2 Å². The number of imidazole rings is 1. The van der Waals surface area contributed by atoms with Crippen molar-refractivity contribution in [2.75, 3.05) is 24.2 Å². The summed E-state index contributed by atoms with van der Waals surface area (Å²) >= 11 is 5.10. The quantitative estimate of drug-likeness (QED) is 0.346. The Morgan fingerprint density at radius 1 is 1.29 bits per heavy atom. The van der Waals surface area contributed by atoms with Crippen LogP contribution in [0.4, 0.5) is 11.8 Å². The zero-order valence-corrected chi connectivity index (χ0v) is 17.0. The molecule has 150 valence electrons. The average Bonchev–Trinajstić information content (AvgIpc) is 3.35. The molecular weight excluding hydrogens is 452 g/mol. The summed E-state index contributed by atoms with van der Waals surface area (Å²) in [5, 5.41) is 32.7. The predicted molar refractivity (Wildman–Crippen MR) is 107 cm³/mol. The van der Waals surface area contributed by atoms with Crippen LogP contribution in [0, 0.1) is 0 Å². The van der Waals surface area contributed by atoms with Crippen molar-refractivity contribution < 1.29 is 20.1 Å². The van der Waals surface area contributed by atoms with Gasteiger partial charge in [0.15, 0.2) is 17.7 Å². The number of anilines is 2. The summed E-state index contributed by atoms with van der Waals surface area (Å²) in [7, 11) is 0. The Balaban J connectivity index is 1.56. The first-order chi connectivity index (χ1) is 13.5. The van der Waals surface area contributed by atoms with Crippen molar-refractivity contribution in [3.05, 3.63) is 27.1 Å². The van der Waals surface area contributed by atoms with Crippen LogP contribution in [-0.2, 0) is 11.2 Å². The lowest BCUT2D eigenvalue weighted by Crippen LogP contribution is -2.33. The number of aliphatic hydroxyl groups is 3. The van der Waals surface area contributed by atoms with Crippen molar-refractivity contribution >= 4 is 50.2 Å². The first kappa shape index (κ1) is 19.5. The average molecular weight is 471 g/mol. The van der Waals surface area contributed by atoms with Crippen LogP contribution >= 0.6 is 27.3 Å². The summed E-state index contributed by atoms with van der Waals surface area (Å²) in [5.74, 6) is 0.519. The summed E-state index contributed by atoms with van der Waals surface area (Å²) in [6, 6.07) is 4.05. The van der Waals surface area contributed by atoms with Gasteiger partial charge in [0.05, 0.1) is 16.7 Å². The van der Waals surface area contributed by atoms with Gasteiger partial charge < -0.3 is 31.1 Å². The zero-order valence-electron chi connectivity index (χ0n) is 14.6. The Bertz CT molecular complexity index is 981. The van der Waals surface area contributed by atoms with Crippen molar-refractivity contribution in [2.45, 2.75) is 31.0 Å². The monoisotopic (exact) mass is 470 g/mol.